The molecule has 0 aliphatic carbocycles. The van der Waals surface area contributed by atoms with Gasteiger partial charge in [0.2, 0.25) is 11.9 Å². The first-order valence-electron chi connectivity index (χ1n) is 8.67. The molecule has 1 fully saturated rings. The van der Waals surface area contributed by atoms with Crippen LogP contribution in [0.25, 0.3) is 0 Å². The second-order valence-electron chi connectivity index (χ2n) is 6.72. The molecule has 5 nitrogen and oxygen atoms in total. The van der Waals surface area contributed by atoms with Crippen molar-refractivity contribution in [2.75, 3.05) is 22.9 Å². The Balaban J connectivity index is 1.54. The Labute approximate surface area is 142 Å². The van der Waals surface area contributed by atoms with E-state index in [4.69, 9.17) is 0 Å². The lowest BCUT2D eigenvalue weighted by molar-refractivity contribution is -0.122. The standard InChI is InChI=1S/C19H22N4O/c1-14-12-15-6-2-3-8-17(15)23(14)18(24)16-7-4-11-22(13-16)19-20-9-5-10-21-19/h2-3,5-6,8-10,14,16H,4,7,11-13H2,1H3. The van der Waals surface area contributed by atoms with Crippen molar-refractivity contribution < 1.29 is 4.79 Å². The number of para-hydroxylation sites is 1. The van der Waals surface area contributed by atoms with Gasteiger partial charge >= 0.3 is 0 Å². The van der Waals surface area contributed by atoms with Crippen LogP contribution in [0.3, 0.4) is 0 Å². The number of hydrogen-bond donors (Lipinski definition) is 0. The van der Waals surface area contributed by atoms with Crippen LogP contribution >= 0.6 is 0 Å². The molecule has 0 bridgehead atoms. The van der Waals surface area contributed by atoms with E-state index in [0.717, 1.165) is 37.4 Å². The Morgan fingerprint density at radius 3 is 2.79 bits per heavy atom. The van der Waals surface area contributed by atoms with Crippen LogP contribution in [0, 0.1) is 5.92 Å². The van der Waals surface area contributed by atoms with Crippen molar-refractivity contribution in [2.24, 2.45) is 5.92 Å². The SMILES string of the molecule is CC1Cc2ccccc2N1C(=O)C1CCCN(c2ncccn2)C1. The Morgan fingerprint density at radius 2 is 1.96 bits per heavy atom. The molecule has 1 aromatic heterocycles. The van der Waals surface area contributed by atoms with Crippen molar-refractivity contribution in [1.29, 1.82) is 0 Å². The molecule has 0 radical (unpaired) electrons. The molecule has 0 N–H and O–H groups in total. The molecule has 2 aromatic rings. The first-order chi connectivity index (χ1) is 11.7. The Bertz CT molecular complexity index is 733. The van der Waals surface area contributed by atoms with Crippen LogP contribution in [-0.2, 0) is 11.2 Å². The fourth-order valence-electron chi connectivity index (χ4n) is 3.91. The molecule has 2 aliphatic heterocycles. The third-order valence-corrected chi connectivity index (χ3v) is 5.05. The Hall–Kier alpha value is -2.43. The van der Waals surface area contributed by atoms with E-state index in [1.807, 2.05) is 17.0 Å². The van der Waals surface area contributed by atoms with Crippen LogP contribution in [0.2, 0.25) is 0 Å². The van der Waals surface area contributed by atoms with Crippen molar-refractivity contribution >= 4 is 17.5 Å². The van der Waals surface area contributed by atoms with Gasteiger partial charge in [0.05, 0.1) is 5.92 Å². The Morgan fingerprint density at radius 1 is 1.17 bits per heavy atom. The number of carbonyl (C=O) groups excluding carboxylic acids is 1. The van der Waals surface area contributed by atoms with Gasteiger partial charge in [0.25, 0.3) is 0 Å². The summed E-state index contributed by atoms with van der Waals surface area (Å²) in [6.45, 7) is 3.76. The van der Waals surface area contributed by atoms with Gasteiger partial charge in [0, 0.05) is 37.2 Å². The molecule has 5 heteroatoms. The van der Waals surface area contributed by atoms with Crippen LogP contribution in [0.1, 0.15) is 25.3 Å². The van der Waals surface area contributed by atoms with Gasteiger partial charge in [-0.25, -0.2) is 9.97 Å². The quantitative estimate of drug-likeness (QED) is 0.853. The van der Waals surface area contributed by atoms with Gasteiger partial charge in [-0.2, -0.15) is 0 Å². The lowest BCUT2D eigenvalue weighted by Crippen LogP contribution is -2.47. The summed E-state index contributed by atoms with van der Waals surface area (Å²) in [7, 11) is 0. The summed E-state index contributed by atoms with van der Waals surface area (Å²) in [5.41, 5.74) is 2.36. The number of benzene rings is 1. The molecule has 1 saturated heterocycles. The van der Waals surface area contributed by atoms with Gasteiger partial charge in [0.1, 0.15) is 0 Å². The van der Waals surface area contributed by atoms with Gasteiger partial charge in [0.15, 0.2) is 0 Å². The van der Waals surface area contributed by atoms with Crippen molar-refractivity contribution in [3.63, 3.8) is 0 Å². The molecule has 1 aromatic carbocycles. The van der Waals surface area contributed by atoms with E-state index in [9.17, 15) is 4.79 Å². The molecule has 24 heavy (non-hydrogen) atoms. The molecule has 124 valence electrons. The number of hydrogen-bond acceptors (Lipinski definition) is 4. The highest BCUT2D eigenvalue weighted by Gasteiger charge is 2.36. The van der Waals surface area contributed by atoms with E-state index in [0.29, 0.717) is 6.54 Å². The van der Waals surface area contributed by atoms with Crippen molar-refractivity contribution in [3.05, 3.63) is 48.3 Å². The van der Waals surface area contributed by atoms with Crippen molar-refractivity contribution in [2.45, 2.75) is 32.2 Å². The fourth-order valence-corrected chi connectivity index (χ4v) is 3.91. The van der Waals surface area contributed by atoms with Crippen molar-refractivity contribution in [3.8, 4) is 0 Å². The van der Waals surface area contributed by atoms with E-state index in [1.54, 1.807) is 12.4 Å². The van der Waals surface area contributed by atoms with Gasteiger partial charge < -0.3 is 9.80 Å². The molecule has 2 atom stereocenters. The topological polar surface area (TPSA) is 49.3 Å². The monoisotopic (exact) mass is 322 g/mol. The third-order valence-electron chi connectivity index (χ3n) is 5.05. The summed E-state index contributed by atoms with van der Waals surface area (Å²) < 4.78 is 0. The van der Waals surface area contributed by atoms with E-state index in [-0.39, 0.29) is 17.9 Å². The Kier molecular flexibility index (Phi) is 3.92. The highest BCUT2D eigenvalue weighted by molar-refractivity contribution is 5.98. The summed E-state index contributed by atoms with van der Waals surface area (Å²) in [5.74, 6) is 0.981. The predicted molar refractivity (Wildman–Crippen MR) is 94.1 cm³/mol. The molecule has 3 heterocycles. The number of rotatable bonds is 2. The van der Waals surface area contributed by atoms with Gasteiger partial charge in [-0.3, -0.25) is 4.79 Å². The lowest BCUT2D eigenvalue weighted by atomic mass is 9.96. The van der Waals surface area contributed by atoms with Gasteiger partial charge in [-0.05, 0) is 43.9 Å². The number of aromatic nitrogens is 2. The van der Waals surface area contributed by atoms with Crippen LogP contribution < -0.4 is 9.80 Å². The molecule has 0 saturated carbocycles. The molecule has 4 rings (SSSR count). The number of fused-ring (bicyclic) bond motifs is 1. The lowest BCUT2D eigenvalue weighted by Gasteiger charge is -2.35. The highest BCUT2D eigenvalue weighted by atomic mass is 16.2. The highest BCUT2D eigenvalue weighted by Crippen LogP contribution is 2.34. The summed E-state index contributed by atoms with van der Waals surface area (Å²) in [6.07, 6.45) is 6.39. The minimum absolute atomic E-state index is 0.0103. The average molecular weight is 322 g/mol. The average Bonchev–Trinajstić information content (AvgIpc) is 2.97. The van der Waals surface area contributed by atoms with E-state index in [2.05, 4.69) is 40.0 Å². The second-order valence-corrected chi connectivity index (χ2v) is 6.72. The molecular weight excluding hydrogens is 300 g/mol. The maximum atomic E-state index is 13.2. The van der Waals surface area contributed by atoms with Crippen LogP contribution in [0.4, 0.5) is 11.6 Å². The fraction of sp³-hybridized carbons (Fsp3) is 0.421. The van der Waals surface area contributed by atoms with E-state index >= 15 is 0 Å². The zero-order valence-electron chi connectivity index (χ0n) is 13.9. The van der Waals surface area contributed by atoms with Gasteiger partial charge in [-0.15, -0.1) is 0 Å². The van der Waals surface area contributed by atoms with Crippen LogP contribution in [0.5, 0.6) is 0 Å². The van der Waals surface area contributed by atoms with Crippen LogP contribution in [-0.4, -0.2) is 35.0 Å². The third kappa shape index (κ3) is 2.64. The summed E-state index contributed by atoms with van der Waals surface area (Å²) in [6, 6.07) is 10.3. The minimum Gasteiger partial charge on any atom is -0.340 e. The van der Waals surface area contributed by atoms with Crippen molar-refractivity contribution in [1.82, 2.24) is 9.97 Å². The summed E-state index contributed by atoms with van der Waals surface area (Å²) >= 11 is 0. The molecule has 1 amide bonds. The van der Waals surface area contributed by atoms with Gasteiger partial charge in [-0.1, -0.05) is 18.2 Å². The molecular formula is C19H22N4O. The van der Waals surface area contributed by atoms with Crippen LogP contribution in [0.15, 0.2) is 42.7 Å². The normalized spacial score (nSPS) is 23.2. The predicted octanol–water partition coefficient (Wildman–Crippen LogP) is 2.67. The number of nitrogens with zero attached hydrogens (tertiary/aromatic N) is 4. The van der Waals surface area contributed by atoms with E-state index in [1.165, 1.54) is 5.56 Å². The molecule has 0 spiro atoms. The maximum absolute atomic E-state index is 13.2. The number of piperidine rings is 1. The number of amides is 1. The number of anilines is 2. The first-order valence-corrected chi connectivity index (χ1v) is 8.67. The minimum atomic E-state index is 0.0103. The van der Waals surface area contributed by atoms with E-state index < -0.39 is 0 Å². The largest absolute Gasteiger partial charge is 0.340 e. The summed E-state index contributed by atoms with van der Waals surface area (Å²) in [4.78, 5) is 26.0. The zero-order chi connectivity index (χ0) is 16.5. The molecule has 2 unspecified atom stereocenters. The zero-order valence-corrected chi connectivity index (χ0v) is 13.9. The maximum Gasteiger partial charge on any atom is 0.232 e. The first kappa shape index (κ1) is 15.1. The smallest absolute Gasteiger partial charge is 0.232 e. The number of carbonyl (C=O) groups is 1. The molecule has 2 aliphatic rings. The second kappa shape index (κ2) is 6.23. The summed E-state index contributed by atoms with van der Waals surface area (Å²) in [5, 5.41) is 0.